The van der Waals surface area contributed by atoms with Gasteiger partial charge in [-0.15, -0.1) is 0 Å². The second-order valence-corrected chi connectivity index (χ2v) is 7.73. The number of carbonyl (C=O) groups is 1. The number of halogens is 1. The first kappa shape index (κ1) is 19.2. The lowest BCUT2D eigenvalue weighted by Crippen LogP contribution is -2.35. The van der Waals surface area contributed by atoms with Crippen molar-refractivity contribution in [1.82, 2.24) is 9.88 Å². The van der Waals surface area contributed by atoms with Crippen LogP contribution in [0.25, 0.3) is 10.9 Å². The Bertz CT molecular complexity index is 1120. The lowest BCUT2D eigenvalue weighted by atomic mass is 10.1. The van der Waals surface area contributed by atoms with Crippen LogP contribution in [0.4, 0.5) is 5.69 Å². The molecule has 0 bridgehead atoms. The molecular formula is C23H21ClN4O. The van der Waals surface area contributed by atoms with Crippen LogP contribution in [0.2, 0.25) is 5.02 Å². The standard InChI is InChI=1S/C23H21ClN4O/c1-16-4-2-5-17(12-16)23(29)28-9-3-8-27(10-11-28)22-18(14-25)15-26-21-7-6-19(24)13-20(21)22/h2,4-7,12-13,15H,3,8-11H2,1H3. The van der Waals surface area contributed by atoms with E-state index in [0.717, 1.165) is 40.7 Å². The van der Waals surface area contributed by atoms with Gasteiger partial charge in [-0.05, 0) is 43.7 Å². The van der Waals surface area contributed by atoms with E-state index in [1.165, 1.54) is 0 Å². The Morgan fingerprint density at radius 1 is 1.14 bits per heavy atom. The van der Waals surface area contributed by atoms with Crippen LogP contribution in [0.15, 0.2) is 48.7 Å². The van der Waals surface area contributed by atoms with Crippen LogP contribution in [0.1, 0.15) is 27.9 Å². The van der Waals surface area contributed by atoms with Gasteiger partial charge in [0.25, 0.3) is 5.91 Å². The summed E-state index contributed by atoms with van der Waals surface area (Å²) < 4.78 is 0. The molecule has 0 aliphatic carbocycles. The van der Waals surface area contributed by atoms with Gasteiger partial charge in [0.2, 0.25) is 0 Å². The topological polar surface area (TPSA) is 60.2 Å². The number of nitrogens with zero attached hydrogens (tertiary/aromatic N) is 4. The molecule has 1 aliphatic heterocycles. The number of benzene rings is 2. The van der Waals surface area contributed by atoms with Crippen molar-refractivity contribution in [2.45, 2.75) is 13.3 Å². The number of aromatic nitrogens is 1. The molecule has 0 unspecified atom stereocenters. The first-order valence-corrected chi connectivity index (χ1v) is 10.0. The summed E-state index contributed by atoms with van der Waals surface area (Å²) in [6.45, 7) is 4.69. The van der Waals surface area contributed by atoms with E-state index < -0.39 is 0 Å². The number of aryl methyl sites for hydroxylation is 1. The molecule has 4 rings (SSSR count). The monoisotopic (exact) mass is 404 g/mol. The predicted octanol–water partition coefficient (Wildman–Crippen LogP) is 4.42. The van der Waals surface area contributed by atoms with Crippen molar-refractivity contribution in [2.24, 2.45) is 0 Å². The molecule has 1 aliphatic rings. The number of fused-ring (bicyclic) bond motifs is 1. The van der Waals surface area contributed by atoms with Crippen molar-refractivity contribution in [3.05, 3.63) is 70.4 Å². The van der Waals surface area contributed by atoms with Gasteiger partial charge in [0.1, 0.15) is 6.07 Å². The van der Waals surface area contributed by atoms with Crippen LogP contribution in [0.5, 0.6) is 0 Å². The molecule has 0 spiro atoms. The molecule has 3 aromatic rings. The summed E-state index contributed by atoms with van der Waals surface area (Å²) in [5.41, 5.74) is 3.98. The van der Waals surface area contributed by atoms with Crippen LogP contribution in [0, 0.1) is 18.3 Å². The molecule has 1 fully saturated rings. The van der Waals surface area contributed by atoms with Crippen molar-refractivity contribution in [3.63, 3.8) is 0 Å². The maximum atomic E-state index is 13.0. The predicted molar refractivity (Wildman–Crippen MR) is 115 cm³/mol. The lowest BCUT2D eigenvalue weighted by molar-refractivity contribution is 0.0767. The summed E-state index contributed by atoms with van der Waals surface area (Å²) in [6.07, 6.45) is 2.44. The lowest BCUT2D eigenvalue weighted by Gasteiger charge is -2.26. The molecule has 5 nitrogen and oxygen atoms in total. The average Bonchev–Trinajstić information content (AvgIpc) is 2.98. The molecule has 0 atom stereocenters. The van der Waals surface area contributed by atoms with E-state index in [9.17, 15) is 10.1 Å². The molecule has 1 amide bonds. The van der Waals surface area contributed by atoms with E-state index in [0.29, 0.717) is 30.2 Å². The molecule has 6 heteroatoms. The summed E-state index contributed by atoms with van der Waals surface area (Å²) in [4.78, 5) is 21.4. The number of rotatable bonds is 2. The highest BCUT2D eigenvalue weighted by Crippen LogP contribution is 2.32. The van der Waals surface area contributed by atoms with E-state index in [-0.39, 0.29) is 5.91 Å². The van der Waals surface area contributed by atoms with Crippen LogP contribution in [0.3, 0.4) is 0 Å². The molecule has 146 valence electrons. The van der Waals surface area contributed by atoms with Gasteiger partial charge in [0.15, 0.2) is 0 Å². The van der Waals surface area contributed by atoms with Crippen LogP contribution >= 0.6 is 11.6 Å². The zero-order valence-corrected chi connectivity index (χ0v) is 17.0. The second-order valence-electron chi connectivity index (χ2n) is 7.30. The van der Waals surface area contributed by atoms with Gasteiger partial charge in [-0.2, -0.15) is 5.26 Å². The summed E-state index contributed by atoms with van der Waals surface area (Å²) in [5.74, 6) is 0.0543. The summed E-state index contributed by atoms with van der Waals surface area (Å²) in [7, 11) is 0. The maximum Gasteiger partial charge on any atom is 0.253 e. The number of hydrogen-bond donors (Lipinski definition) is 0. The second kappa shape index (κ2) is 8.10. The Kier molecular flexibility index (Phi) is 5.37. The van der Waals surface area contributed by atoms with E-state index in [1.54, 1.807) is 12.3 Å². The minimum atomic E-state index is 0.0543. The molecule has 2 heterocycles. The fourth-order valence-electron chi connectivity index (χ4n) is 3.88. The molecule has 2 aromatic carbocycles. The molecular weight excluding hydrogens is 384 g/mol. The molecule has 29 heavy (non-hydrogen) atoms. The fourth-order valence-corrected chi connectivity index (χ4v) is 4.05. The first-order chi connectivity index (χ1) is 14.1. The normalized spacial score (nSPS) is 14.5. The van der Waals surface area contributed by atoms with E-state index >= 15 is 0 Å². The fraction of sp³-hybridized carbons (Fsp3) is 0.261. The number of nitriles is 1. The minimum absolute atomic E-state index is 0.0543. The Balaban J connectivity index is 1.63. The molecule has 0 radical (unpaired) electrons. The van der Waals surface area contributed by atoms with Gasteiger partial charge in [-0.3, -0.25) is 9.78 Å². The first-order valence-electron chi connectivity index (χ1n) is 9.66. The Hall–Kier alpha value is -3.10. The van der Waals surface area contributed by atoms with Gasteiger partial charge >= 0.3 is 0 Å². The Morgan fingerprint density at radius 2 is 2.00 bits per heavy atom. The van der Waals surface area contributed by atoms with Crippen LogP contribution in [-0.4, -0.2) is 42.0 Å². The highest BCUT2D eigenvalue weighted by Gasteiger charge is 2.23. The zero-order chi connectivity index (χ0) is 20.4. The van der Waals surface area contributed by atoms with Gasteiger partial charge in [0, 0.05) is 48.3 Å². The minimum Gasteiger partial charge on any atom is -0.368 e. The van der Waals surface area contributed by atoms with E-state index in [1.807, 2.05) is 48.2 Å². The van der Waals surface area contributed by atoms with Crippen molar-refractivity contribution < 1.29 is 4.79 Å². The largest absolute Gasteiger partial charge is 0.368 e. The van der Waals surface area contributed by atoms with Crippen molar-refractivity contribution in [3.8, 4) is 6.07 Å². The number of amides is 1. The quantitative estimate of drug-likeness (QED) is 0.634. The smallest absolute Gasteiger partial charge is 0.253 e. The van der Waals surface area contributed by atoms with Gasteiger partial charge in [-0.1, -0.05) is 29.3 Å². The number of hydrogen-bond acceptors (Lipinski definition) is 4. The van der Waals surface area contributed by atoms with E-state index in [4.69, 9.17) is 11.6 Å². The number of carbonyl (C=O) groups excluding carboxylic acids is 1. The SMILES string of the molecule is Cc1cccc(C(=O)N2CCCN(c3c(C#N)cnc4ccc(Cl)cc34)CC2)c1. The third kappa shape index (κ3) is 3.90. The van der Waals surface area contributed by atoms with Crippen molar-refractivity contribution >= 4 is 34.1 Å². The van der Waals surface area contributed by atoms with Gasteiger partial charge < -0.3 is 9.80 Å². The van der Waals surface area contributed by atoms with Crippen molar-refractivity contribution in [2.75, 3.05) is 31.1 Å². The Labute approximate surface area is 175 Å². The third-order valence-corrected chi connectivity index (χ3v) is 5.52. The Morgan fingerprint density at radius 3 is 2.79 bits per heavy atom. The third-order valence-electron chi connectivity index (χ3n) is 5.29. The average molecular weight is 405 g/mol. The molecule has 1 saturated heterocycles. The maximum absolute atomic E-state index is 13.0. The van der Waals surface area contributed by atoms with E-state index in [2.05, 4.69) is 16.0 Å². The highest BCUT2D eigenvalue weighted by molar-refractivity contribution is 6.31. The zero-order valence-electron chi connectivity index (χ0n) is 16.2. The molecule has 0 N–H and O–H groups in total. The van der Waals surface area contributed by atoms with Crippen LogP contribution < -0.4 is 4.90 Å². The molecule has 1 aromatic heterocycles. The van der Waals surface area contributed by atoms with Crippen molar-refractivity contribution in [1.29, 1.82) is 5.26 Å². The number of anilines is 1. The summed E-state index contributed by atoms with van der Waals surface area (Å²) in [6, 6.07) is 15.5. The highest BCUT2D eigenvalue weighted by atomic mass is 35.5. The summed E-state index contributed by atoms with van der Waals surface area (Å²) >= 11 is 6.22. The van der Waals surface area contributed by atoms with Gasteiger partial charge in [-0.25, -0.2) is 0 Å². The van der Waals surface area contributed by atoms with Gasteiger partial charge in [0.05, 0.1) is 16.8 Å². The number of pyridine rings is 1. The van der Waals surface area contributed by atoms with Crippen LogP contribution in [-0.2, 0) is 0 Å². The molecule has 0 saturated carbocycles. The summed E-state index contributed by atoms with van der Waals surface area (Å²) in [5, 5.41) is 11.1.